The van der Waals surface area contributed by atoms with Crippen molar-refractivity contribution in [2.24, 2.45) is 0 Å². The van der Waals surface area contributed by atoms with Crippen LogP contribution in [0.5, 0.6) is 0 Å². The van der Waals surface area contributed by atoms with E-state index in [1.54, 1.807) is 10.6 Å². The minimum atomic E-state index is -0.232. The van der Waals surface area contributed by atoms with Crippen molar-refractivity contribution in [1.29, 1.82) is 0 Å². The summed E-state index contributed by atoms with van der Waals surface area (Å²) in [7, 11) is 2.19. The molecule has 26 heavy (non-hydrogen) atoms. The fraction of sp³-hybridized carbons (Fsp3) is 0.524. The summed E-state index contributed by atoms with van der Waals surface area (Å²) in [6, 6.07) is 10.8. The molecule has 1 aromatic carbocycles. The van der Waals surface area contributed by atoms with Crippen molar-refractivity contribution >= 4 is 16.8 Å². The van der Waals surface area contributed by atoms with E-state index in [1.807, 2.05) is 38.1 Å². The Balaban J connectivity index is 1.65. The third-order valence-electron chi connectivity index (χ3n) is 6.14. The zero-order valence-electron chi connectivity index (χ0n) is 15.7. The Bertz CT molecular complexity index is 888. The summed E-state index contributed by atoms with van der Waals surface area (Å²) in [6.45, 7) is 3.95. The van der Waals surface area contributed by atoms with Gasteiger partial charge in [0.2, 0.25) is 0 Å². The molecule has 1 aromatic heterocycles. The Morgan fingerprint density at radius 3 is 2.46 bits per heavy atom. The predicted molar refractivity (Wildman–Crippen MR) is 104 cm³/mol. The molecule has 0 spiro atoms. The van der Waals surface area contributed by atoms with Crippen molar-refractivity contribution in [1.82, 2.24) is 14.8 Å². The van der Waals surface area contributed by atoms with Crippen LogP contribution < -0.4 is 10.9 Å². The third kappa shape index (κ3) is 2.84. The van der Waals surface area contributed by atoms with Crippen LogP contribution in [0.25, 0.3) is 10.9 Å². The van der Waals surface area contributed by atoms with Crippen molar-refractivity contribution in [3.05, 3.63) is 46.2 Å². The topological polar surface area (TPSA) is 54.3 Å². The number of aromatic nitrogens is 1. The molecule has 2 aromatic rings. The fourth-order valence-electron chi connectivity index (χ4n) is 4.75. The second kappa shape index (κ2) is 6.54. The van der Waals surface area contributed by atoms with Gasteiger partial charge in [0.1, 0.15) is 5.56 Å². The predicted octanol–water partition coefficient (Wildman–Crippen LogP) is 2.94. The summed E-state index contributed by atoms with van der Waals surface area (Å²) in [5.41, 5.74) is 0.928. The number of piperidine rings is 1. The van der Waals surface area contributed by atoms with Gasteiger partial charge in [-0.15, -0.1) is 0 Å². The van der Waals surface area contributed by atoms with Gasteiger partial charge in [-0.05, 0) is 64.1 Å². The van der Waals surface area contributed by atoms with Crippen LogP contribution in [0.2, 0.25) is 0 Å². The summed E-state index contributed by atoms with van der Waals surface area (Å²) in [6.07, 6.45) is 4.38. The van der Waals surface area contributed by atoms with Crippen LogP contribution >= 0.6 is 0 Å². The lowest BCUT2D eigenvalue weighted by Crippen LogP contribution is -2.49. The molecule has 1 N–H and O–H groups in total. The van der Waals surface area contributed by atoms with Gasteiger partial charge in [0, 0.05) is 24.2 Å². The molecule has 2 bridgehead atoms. The minimum absolute atomic E-state index is 0.000625. The first-order valence-electron chi connectivity index (χ1n) is 9.62. The van der Waals surface area contributed by atoms with Crippen LogP contribution in [-0.2, 0) is 0 Å². The third-order valence-corrected chi connectivity index (χ3v) is 6.14. The van der Waals surface area contributed by atoms with Gasteiger partial charge in [-0.3, -0.25) is 9.59 Å². The molecule has 2 saturated heterocycles. The van der Waals surface area contributed by atoms with Gasteiger partial charge in [0.25, 0.3) is 11.5 Å². The molecule has 0 aliphatic carbocycles. The zero-order chi connectivity index (χ0) is 18.4. The monoisotopic (exact) mass is 353 g/mol. The van der Waals surface area contributed by atoms with Crippen molar-refractivity contribution in [3.63, 3.8) is 0 Å². The quantitative estimate of drug-likeness (QED) is 0.923. The number of amides is 1. The summed E-state index contributed by atoms with van der Waals surface area (Å²) in [5, 5.41) is 4.07. The average Bonchev–Trinajstić information content (AvgIpc) is 2.82. The van der Waals surface area contributed by atoms with E-state index in [4.69, 9.17) is 0 Å². The highest BCUT2D eigenvalue weighted by molar-refractivity contribution is 5.97. The molecule has 138 valence electrons. The van der Waals surface area contributed by atoms with E-state index in [9.17, 15) is 9.59 Å². The number of rotatable bonds is 3. The highest BCUT2D eigenvalue weighted by Crippen LogP contribution is 2.34. The molecular weight excluding hydrogens is 326 g/mol. The molecule has 3 heterocycles. The maximum atomic E-state index is 13.0. The fourth-order valence-corrected chi connectivity index (χ4v) is 4.75. The first kappa shape index (κ1) is 17.3. The number of nitrogens with zero attached hydrogens (tertiary/aromatic N) is 2. The van der Waals surface area contributed by atoms with Gasteiger partial charge in [0.15, 0.2) is 0 Å². The molecule has 5 heteroatoms. The molecule has 1 amide bonds. The van der Waals surface area contributed by atoms with E-state index >= 15 is 0 Å². The molecule has 2 fully saturated rings. The first-order chi connectivity index (χ1) is 12.5. The number of carbonyl (C=O) groups is 1. The highest BCUT2D eigenvalue weighted by atomic mass is 16.2. The molecule has 0 radical (unpaired) electrons. The molecular formula is C21H27N3O2. The molecule has 0 saturated carbocycles. The number of hydrogen-bond donors (Lipinski definition) is 1. The Hall–Kier alpha value is -2.14. The van der Waals surface area contributed by atoms with Crippen LogP contribution in [0.4, 0.5) is 0 Å². The molecule has 2 atom stereocenters. The summed E-state index contributed by atoms with van der Waals surface area (Å²) >= 11 is 0. The maximum Gasteiger partial charge on any atom is 0.264 e. The van der Waals surface area contributed by atoms with Crippen LogP contribution in [0, 0.1) is 0 Å². The highest BCUT2D eigenvalue weighted by Gasteiger charge is 2.39. The van der Waals surface area contributed by atoms with Crippen LogP contribution in [0.15, 0.2) is 35.1 Å². The van der Waals surface area contributed by atoms with Gasteiger partial charge in [-0.2, -0.15) is 0 Å². The van der Waals surface area contributed by atoms with E-state index in [1.165, 1.54) is 12.8 Å². The lowest BCUT2D eigenvalue weighted by molar-refractivity contribution is 0.0880. The Kier molecular flexibility index (Phi) is 4.35. The molecule has 5 nitrogen and oxygen atoms in total. The number of nitrogens with one attached hydrogen (secondary N) is 1. The van der Waals surface area contributed by atoms with Crippen molar-refractivity contribution in [2.45, 2.75) is 63.7 Å². The SMILES string of the molecule is CC(C)n1c(=O)c(C(=O)NC2CC3CCC(C2)N3C)cc2ccccc21. The number of hydrogen-bond acceptors (Lipinski definition) is 3. The van der Waals surface area contributed by atoms with E-state index in [0.717, 1.165) is 23.7 Å². The lowest BCUT2D eigenvalue weighted by Gasteiger charge is -2.36. The van der Waals surface area contributed by atoms with E-state index in [2.05, 4.69) is 17.3 Å². The number of para-hydroxylation sites is 1. The Morgan fingerprint density at radius 2 is 1.81 bits per heavy atom. The summed E-state index contributed by atoms with van der Waals surface area (Å²) < 4.78 is 1.72. The molecule has 2 unspecified atom stereocenters. The van der Waals surface area contributed by atoms with Gasteiger partial charge in [0.05, 0.1) is 5.52 Å². The standard InChI is InChI=1S/C21H27N3O2/c1-13(2)24-19-7-5-4-6-14(19)10-18(21(24)26)20(25)22-15-11-16-8-9-17(12-15)23(16)3/h4-7,10,13,15-17H,8-9,11-12H2,1-3H3,(H,22,25). The van der Waals surface area contributed by atoms with E-state index < -0.39 is 0 Å². The van der Waals surface area contributed by atoms with Gasteiger partial charge >= 0.3 is 0 Å². The number of carbonyl (C=O) groups excluding carboxylic acids is 1. The molecule has 4 rings (SSSR count). The van der Waals surface area contributed by atoms with Crippen LogP contribution in [0.1, 0.15) is 55.9 Å². The number of pyridine rings is 1. The van der Waals surface area contributed by atoms with Crippen LogP contribution in [0.3, 0.4) is 0 Å². The van der Waals surface area contributed by atoms with Crippen molar-refractivity contribution in [3.8, 4) is 0 Å². The summed E-state index contributed by atoms with van der Waals surface area (Å²) in [5.74, 6) is -0.232. The van der Waals surface area contributed by atoms with Crippen LogP contribution in [-0.4, -0.2) is 40.5 Å². The van der Waals surface area contributed by atoms with E-state index in [0.29, 0.717) is 12.1 Å². The van der Waals surface area contributed by atoms with Crippen molar-refractivity contribution in [2.75, 3.05) is 7.05 Å². The zero-order valence-corrected chi connectivity index (χ0v) is 15.7. The molecule has 2 aliphatic rings. The summed E-state index contributed by atoms with van der Waals surface area (Å²) in [4.78, 5) is 28.4. The smallest absolute Gasteiger partial charge is 0.264 e. The maximum absolute atomic E-state index is 13.0. The number of benzene rings is 1. The minimum Gasteiger partial charge on any atom is -0.349 e. The Labute approximate surface area is 154 Å². The number of fused-ring (bicyclic) bond motifs is 3. The first-order valence-corrected chi connectivity index (χ1v) is 9.62. The van der Waals surface area contributed by atoms with Gasteiger partial charge < -0.3 is 14.8 Å². The van der Waals surface area contributed by atoms with Gasteiger partial charge in [-0.25, -0.2) is 0 Å². The average molecular weight is 353 g/mol. The largest absolute Gasteiger partial charge is 0.349 e. The molecule has 2 aliphatic heterocycles. The second-order valence-electron chi connectivity index (χ2n) is 8.08. The van der Waals surface area contributed by atoms with Crippen molar-refractivity contribution < 1.29 is 4.79 Å². The normalized spacial score (nSPS) is 25.8. The van der Waals surface area contributed by atoms with Gasteiger partial charge in [-0.1, -0.05) is 18.2 Å². The van der Waals surface area contributed by atoms with E-state index in [-0.39, 0.29) is 29.1 Å². The Morgan fingerprint density at radius 1 is 1.15 bits per heavy atom. The second-order valence-corrected chi connectivity index (χ2v) is 8.08. The lowest BCUT2D eigenvalue weighted by atomic mass is 9.97.